The van der Waals surface area contributed by atoms with Gasteiger partial charge in [-0.2, -0.15) is 0 Å². The molecule has 1 aromatic rings. The second kappa shape index (κ2) is 5.71. The quantitative estimate of drug-likeness (QED) is 0.907. The molecule has 3 unspecified atom stereocenters. The number of nitrogens with two attached hydrogens (primary N) is 1. The van der Waals surface area contributed by atoms with E-state index in [0.717, 1.165) is 25.1 Å². The Bertz CT molecular complexity index is 614. The van der Waals surface area contributed by atoms with Gasteiger partial charge in [-0.1, -0.05) is 18.2 Å². The predicted molar refractivity (Wildman–Crippen MR) is 83.8 cm³/mol. The molecule has 1 fully saturated rings. The highest BCUT2D eigenvalue weighted by Gasteiger charge is 2.37. The lowest BCUT2D eigenvalue weighted by Gasteiger charge is -2.44. The Morgan fingerprint density at radius 2 is 2.00 bits per heavy atom. The number of piperidine rings is 1. The predicted octanol–water partition coefficient (Wildman–Crippen LogP) is 1.96. The second-order valence-electron chi connectivity index (χ2n) is 6.39. The van der Waals surface area contributed by atoms with Gasteiger partial charge in [-0.15, -0.1) is 0 Å². The molecule has 0 aliphatic carbocycles. The van der Waals surface area contributed by atoms with Crippen molar-refractivity contribution >= 4 is 9.84 Å². The monoisotopic (exact) mass is 308 g/mol. The van der Waals surface area contributed by atoms with E-state index >= 15 is 0 Å². The minimum Gasteiger partial charge on any atom is -0.330 e. The molecule has 4 nitrogen and oxygen atoms in total. The first-order valence-electron chi connectivity index (χ1n) is 7.80. The average Bonchev–Trinajstić information content (AvgIpc) is 2.49. The molecule has 2 aliphatic rings. The van der Waals surface area contributed by atoms with E-state index in [4.69, 9.17) is 5.73 Å². The van der Waals surface area contributed by atoms with E-state index in [9.17, 15) is 8.42 Å². The fourth-order valence-electron chi connectivity index (χ4n) is 3.75. The van der Waals surface area contributed by atoms with Crippen LogP contribution in [0.2, 0.25) is 0 Å². The number of nitrogens with zero attached hydrogens (tertiary/aromatic N) is 1. The topological polar surface area (TPSA) is 63.4 Å². The third-order valence-electron chi connectivity index (χ3n) is 5.03. The van der Waals surface area contributed by atoms with Crippen LogP contribution in [-0.2, 0) is 9.84 Å². The summed E-state index contributed by atoms with van der Waals surface area (Å²) in [5, 5.41) is 0. The number of sulfone groups is 1. The Hall–Kier alpha value is -0.910. The molecule has 116 valence electrons. The van der Waals surface area contributed by atoms with Crippen molar-refractivity contribution in [2.24, 2.45) is 11.7 Å². The molecule has 21 heavy (non-hydrogen) atoms. The van der Waals surface area contributed by atoms with Gasteiger partial charge in [0.15, 0.2) is 9.84 Å². The van der Waals surface area contributed by atoms with Gasteiger partial charge in [-0.05, 0) is 50.3 Å². The standard InChI is InChI=1S/C16H24N2O2S/c1-12-6-7-13(10-17)11-18(12)15-8-9-21(19,20)16-5-3-2-4-14(15)16/h2-5,12-13,15H,6-11,17H2,1H3. The van der Waals surface area contributed by atoms with Crippen LogP contribution in [0.5, 0.6) is 0 Å². The van der Waals surface area contributed by atoms with Gasteiger partial charge in [0, 0.05) is 18.6 Å². The Kier molecular flexibility index (Phi) is 4.08. The van der Waals surface area contributed by atoms with E-state index in [0.29, 0.717) is 23.3 Å². The fraction of sp³-hybridized carbons (Fsp3) is 0.625. The van der Waals surface area contributed by atoms with Crippen LogP contribution in [0.1, 0.15) is 37.8 Å². The van der Waals surface area contributed by atoms with Crippen molar-refractivity contribution in [1.29, 1.82) is 0 Å². The maximum absolute atomic E-state index is 12.3. The van der Waals surface area contributed by atoms with Gasteiger partial charge in [-0.3, -0.25) is 4.90 Å². The highest BCUT2D eigenvalue weighted by Crippen LogP contribution is 2.39. The van der Waals surface area contributed by atoms with Gasteiger partial charge in [-0.25, -0.2) is 8.42 Å². The van der Waals surface area contributed by atoms with Gasteiger partial charge in [0.1, 0.15) is 0 Å². The summed E-state index contributed by atoms with van der Waals surface area (Å²) in [6.07, 6.45) is 3.02. The highest BCUT2D eigenvalue weighted by atomic mass is 32.2. The summed E-state index contributed by atoms with van der Waals surface area (Å²) in [7, 11) is -3.10. The van der Waals surface area contributed by atoms with Gasteiger partial charge in [0.25, 0.3) is 0 Å². The van der Waals surface area contributed by atoms with Crippen LogP contribution in [-0.4, -0.2) is 38.2 Å². The second-order valence-corrected chi connectivity index (χ2v) is 8.46. The van der Waals surface area contributed by atoms with E-state index < -0.39 is 9.84 Å². The Morgan fingerprint density at radius 1 is 1.24 bits per heavy atom. The van der Waals surface area contributed by atoms with E-state index in [1.54, 1.807) is 6.07 Å². The smallest absolute Gasteiger partial charge is 0.178 e. The molecule has 2 N–H and O–H groups in total. The molecular formula is C16H24N2O2S. The molecule has 0 spiro atoms. The molecule has 2 heterocycles. The molecular weight excluding hydrogens is 284 g/mol. The van der Waals surface area contributed by atoms with E-state index in [-0.39, 0.29) is 11.8 Å². The fourth-order valence-corrected chi connectivity index (χ4v) is 5.36. The molecule has 0 amide bonds. The molecule has 1 saturated heterocycles. The summed E-state index contributed by atoms with van der Waals surface area (Å²) in [6.45, 7) is 3.95. The Balaban J connectivity index is 1.96. The van der Waals surface area contributed by atoms with Crippen LogP contribution in [0.15, 0.2) is 29.2 Å². The van der Waals surface area contributed by atoms with E-state index in [1.807, 2.05) is 18.2 Å². The summed E-state index contributed by atoms with van der Waals surface area (Å²) < 4.78 is 24.5. The lowest BCUT2D eigenvalue weighted by molar-refractivity contribution is 0.0692. The van der Waals surface area contributed by atoms with Gasteiger partial charge < -0.3 is 5.73 Å². The molecule has 2 aliphatic heterocycles. The first-order chi connectivity index (χ1) is 10.0. The largest absolute Gasteiger partial charge is 0.330 e. The van der Waals surface area contributed by atoms with E-state index in [2.05, 4.69) is 11.8 Å². The average molecular weight is 308 g/mol. The van der Waals surface area contributed by atoms with Gasteiger partial charge >= 0.3 is 0 Å². The van der Waals surface area contributed by atoms with Crippen molar-refractivity contribution in [2.75, 3.05) is 18.8 Å². The number of likely N-dealkylation sites (tertiary alicyclic amines) is 1. The van der Waals surface area contributed by atoms with Crippen LogP contribution in [0.4, 0.5) is 0 Å². The van der Waals surface area contributed by atoms with Crippen LogP contribution in [0, 0.1) is 5.92 Å². The highest BCUT2D eigenvalue weighted by molar-refractivity contribution is 7.91. The van der Waals surface area contributed by atoms with Crippen molar-refractivity contribution in [3.05, 3.63) is 29.8 Å². The third-order valence-corrected chi connectivity index (χ3v) is 6.85. The van der Waals surface area contributed by atoms with Crippen LogP contribution in [0.25, 0.3) is 0 Å². The summed E-state index contributed by atoms with van der Waals surface area (Å²) >= 11 is 0. The lowest BCUT2D eigenvalue weighted by atomic mass is 9.89. The van der Waals surface area contributed by atoms with Crippen LogP contribution < -0.4 is 5.73 Å². The third kappa shape index (κ3) is 2.74. The zero-order valence-electron chi connectivity index (χ0n) is 12.5. The molecule has 0 saturated carbocycles. The van der Waals surface area contributed by atoms with E-state index in [1.165, 1.54) is 6.42 Å². The summed E-state index contributed by atoms with van der Waals surface area (Å²) in [4.78, 5) is 3.01. The number of benzene rings is 1. The first kappa shape index (κ1) is 15.0. The molecule has 0 bridgehead atoms. The molecule has 3 atom stereocenters. The number of hydrogen-bond donors (Lipinski definition) is 1. The zero-order valence-corrected chi connectivity index (χ0v) is 13.3. The van der Waals surface area contributed by atoms with Crippen molar-refractivity contribution in [1.82, 2.24) is 4.90 Å². The van der Waals surface area contributed by atoms with Gasteiger partial charge in [0.2, 0.25) is 0 Å². The van der Waals surface area contributed by atoms with Crippen molar-refractivity contribution in [3.8, 4) is 0 Å². The molecule has 5 heteroatoms. The normalized spacial score (nSPS) is 32.6. The molecule has 1 aromatic carbocycles. The number of rotatable bonds is 2. The minimum atomic E-state index is -3.10. The van der Waals surface area contributed by atoms with Gasteiger partial charge in [0.05, 0.1) is 10.6 Å². The van der Waals surface area contributed by atoms with Crippen LogP contribution in [0.3, 0.4) is 0 Å². The SMILES string of the molecule is CC1CCC(CN)CN1C1CCS(=O)(=O)c2ccccc21. The number of fused-ring (bicyclic) bond motifs is 1. The molecule has 0 aromatic heterocycles. The van der Waals surface area contributed by atoms with Crippen molar-refractivity contribution < 1.29 is 8.42 Å². The van der Waals surface area contributed by atoms with Crippen molar-refractivity contribution in [2.45, 2.75) is 43.2 Å². The summed E-state index contributed by atoms with van der Waals surface area (Å²) in [5.41, 5.74) is 6.84. The maximum Gasteiger partial charge on any atom is 0.178 e. The van der Waals surface area contributed by atoms with Crippen molar-refractivity contribution in [3.63, 3.8) is 0 Å². The maximum atomic E-state index is 12.3. The minimum absolute atomic E-state index is 0.217. The number of hydrogen-bond acceptors (Lipinski definition) is 4. The Labute approximate surface area is 127 Å². The lowest BCUT2D eigenvalue weighted by Crippen LogP contribution is -2.47. The molecule has 3 rings (SSSR count). The summed E-state index contributed by atoms with van der Waals surface area (Å²) in [6, 6.07) is 8.21. The first-order valence-corrected chi connectivity index (χ1v) is 9.45. The zero-order chi connectivity index (χ0) is 15.0. The molecule has 0 radical (unpaired) electrons. The Morgan fingerprint density at radius 3 is 2.76 bits per heavy atom. The van der Waals surface area contributed by atoms with Crippen LogP contribution >= 0.6 is 0 Å². The summed E-state index contributed by atoms with van der Waals surface area (Å²) in [5.74, 6) is 0.789.